The van der Waals surface area contributed by atoms with Crippen LogP contribution in [0.3, 0.4) is 0 Å². The van der Waals surface area contributed by atoms with Gasteiger partial charge < -0.3 is 9.80 Å². The van der Waals surface area contributed by atoms with E-state index in [9.17, 15) is 4.79 Å². The summed E-state index contributed by atoms with van der Waals surface area (Å²) in [5.74, 6) is 0.675. The highest BCUT2D eigenvalue weighted by Gasteiger charge is 2.29. The summed E-state index contributed by atoms with van der Waals surface area (Å²) in [4.78, 5) is 27.2. The third-order valence-corrected chi connectivity index (χ3v) is 6.67. The lowest BCUT2D eigenvalue weighted by atomic mass is 10.0. The van der Waals surface area contributed by atoms with Crippen molar-refractivity contribution in [3.8, 4) is 0 Å². The van der Waals surface area contributed by atoms with Crippen molar-refractivity contribution in [2.75, 3.05) is 31.1 Å². The predicted molar refractivity (Wildman–Crippen MR) is 98.2 cm³/mol. The molecule has 2 fully saturated rings. The van der Waals surface area contributed by atoms with Crippen LogP contribution in [-0.4, -0.2) is 47.0 Å². The van der Waals surface area contributed by atoms with Gasteiger partial charge in [-0.25, -0.2) is 9.97 Å². The lowest BCUT2D eigenvalue weighted by molar-refractivity contribution is 0.0770. The van der Waals surface area contributed by atoms with Crippen LogP contribution in [0.25, 0.3) is 0 Å². The molecule has 1 amide bonds. The first-order valence-corrected chi connectivity index (χ1v) is 10.5. The largest absolute Gasteiger partial charge is 0.346 e. The molecule has 3 heterocycles. The molecule has 5 nitrogen and oxygen atoms in total. The molecule has 0 bridgehead atoms. The fraction of sp³-hybridized carbons (Fsp3) is 0.588. The van der Waals surface area contributed by atoms with Gasteiger partial charge in [0.15, 0.2) is 5.13 Å². The van der Waals surface area contributed by atoms with E-state index in [0.29, 0.717) is 5.92 Å². The highest BCUT2D eigenvalue weighted by atomic mass is 32.1. The standard InChI is InChI=1S/C17H22N4OS2/c22-16(15-14(19-12-24-15)13-4-1-2-5-13)20-7-3-8-21(10-9-20)17-18-6-11-23-17/h6,11-13H,1-5,7-10H2. The van der Waals surface area contributed by atoms with Crippen molar-refractivity contribution in [1.29, 1.82) is 0 Å². The van der Waals surface area contributed by atoms with Crippen LogP contribution in [-0.2, 0) is 0 Å². The van der Waals surface area contributed by atoms with Gasteiger partial charge in [-0.15, -0.1) is 22.7 Å². The Bertz CT molecular complexity index is 679. The van der Waals surface area contributed by atoms with Gasteiger partial charge in [-0.3, -0.25) is 4.79 Å². The SMILES string of the molecule is O=C(c1scnc1C1CCCC1)N1CCCN(c2nccs2)CC1. The summed E-state index contributed by atoms with van der Waals surface area (Å²) in [7, 11) is 0. The molecule has 0 aromatic carbocycles. The molecular weight excluding hydrogens is 340 g/mol. The Balaban J connectivity index is 1.46. The molecule has 1 saturated carbocycles. The second-order valence-electron chi connectivity index (χ2n) is 6.50. The van der Waals surface area contributed by atoms with E-state index in [-0.39, 0.29) is 5.91 Å². The zero-order chi connectivity index (χ0) is 16.4. The topological polar surface area (TPSA) is 49.3 Å². The molecule has 0 radical (unpaired) electrons. The fourth-order valence-corrected chi connectivity index (χ4v) is 5.27. The monoisotopic (exact) mass is 362 g/mol. The number of anilines is 1. The number of amides is 1. The van der Waals surface area contributed by atoms with Crippen LogP contribution in [0.5, 0.6) is 0 Å². The highest BCUT2D eigenvalue weighted by Crippen LogP contribution is 2.36. The van der Waals surface area contributed by atoms with Gasteiger partial charge in [0.25, 0.3) is 5.91 Å². The lowest BCUT2D eigenvalue weighted by Crippen LogP contribution is -2.35. The number of carbonyl (C=O) groups is 1. The first kappa shape index (κ1) is 16.0. The minimum atomic E-state index is 0.181. The van der Waals surface area contributed by atoms with E-state index >= 15 is 0 Å². The molecule has 2 aromatic heterocycles. The Hall–Kier alpha value is -1.47. The first-order valence-electron chi connectivity index (χ1n) is 8.70. The normalized spacial score (nSPS) is 19.7. The van der Waals surface area contributed by atoms with Crippen molar-refractivity contribution in [1.82, 2.24) is 14.9 Å². The fourth-order valence-electron chi connectivity index (χ4n) is 3.73. The van der Waals surface area contributed by atoms with Crippen LogP contribution < -0.4 is 4.90 Å². The van der Waals surface area contributed by atoms with Gasteiger partial charge in [0.2, 0.25) is 0 Å². The smallest absolute Gasteiger partial charge is 0.265 e. The maximum absolute atomic E-state index is 13.0. The van der Waals surface area contributed by atoms with Crippen molar-refractivity contribution in [2.24, 2.45) is 0 Å². The molecule has 7 heteroatoms. The van der Waals surface area contributed by atoms with Crippen LogP contribution in [0, 0.1) is 0 Å². The van der Waals surface area contributed by atoms with Crippen molar-refractivity contribution in [3.05, 3.63) is 27.7 Å². The van der Waals surface area contributed by atoms with Gasteiger partial charge in [0.1, 0.15) is 4.88 Å². The highest BCUT2D eigenvalue weighted by molar-refractivity contribution is 7.13. The van der Waals surface area contributed by atoms with Gasteiger partial charge in [0, 0.05) is 43.7 Å². The summed E-state index contributed by atoms with van der Waals surface area (Å²) in [5.41, 5.74) is 2.91. The maximum Gasteiger partial charge on any atom is 0.265 e. The van der Waals surface area contributed by atoms with E-state index in [1.165, 1.54) is 37.0 Å². The number of hydrogen-bond acceptors (Lipinski definition) is 6. The van der Waals surface area contributed by atoms with Crippen LogP contribution in [0.15, 0.2) is 17.1 Å². The van der Waals surface area contributed by atoms with Crippen molar-refractivity contribution in [3.63, 3.8) is 0 Å². The van der Waals surface area contributed by atoms with Gasteiger partial charge in [-0.2, -0.15) is 0 Å². The van der Waals surface area contributed by atoms with Crippen LogP contribution in [0.2, 0.25) is 0 Å². The Labute approximate surface area is 150 Å². The molecule has 2 aliphatic rings. The average molecular weight is 363 g/mol. The van der Waals surface area contributed by atoms with Crippen molar-refractivity contribution in [2.45, 2.75) is 38.0 Å². The van der Waals surface area contributed by atoms with E-state index in [0.717, 1.165) is 48.3 Å². The molecule has 1 aliphatic carbocycles. The van der Waals surface area contributed by atoms with Crippen LogP contribution >= 0.6 is 22.7 Å². The third-order valence-electron chi connectivity index (χ3n) is 5.00. The first-order chi connectivity index (χ1) is 11.8. The zero-order valence-electron chi connectivity index (χ0n) is 13.7. The molecule has 4 rings (SSSR count). The van der Waals surface area contributed by atoms with Gasteiger partial charge in [-0.05, 0) is 19.3 Å². The zero-order valence-corrected chi connectivity index (χ0v) is 15.3. The quantitative estimate of drug-likeness (QED) is 0.837. The Morgan fingerprint density at radius 1 is 1.04 bits per heavy atom. The Kier molecular flexibility index (Phi) is 4.80. The summed E-state index contributed by atoms with van der Waals surface area (Å²) in [6, 6.07) is 0. The molecule has 1 saturated heterocycles. The van der Waals surface area contributed by atoms with E-state index in [2.05, 4.69) is 14.9 Å². The van der Waals surface area contributed by atoms with E-state index < -0.39 is 0 Å². The third kappa shape index (κ3) is 3.19. The molecule has 0 spiro atoms. The predicted octanol–water partition coefficient (Wildman–Crippen LogP) is 3.61. The summed E-state index contributed by atoms with van der Waals surface area (Å²) in [6.07, 6.45) is 7.73. The average Bonchev–Trinajstić information content (AvgIpc) is 3.33. The molecule has 24 heavy (non-hydrogen) atoms. The summed E-state index contributed by atoms with van der Waals surface area (Å²) in [5, 5.41) is 3.07. The van der Waals surface area contributed by atoms with Crippen LogP contribution in [0.1, 0.15) is 53.4 Å². The number of rotatable bonds is 3. The maximum atomic E-state index is 13.0. The molecule has 0 atom stereocenters. The molecule has 0 unspecified atom stereocenters. The Morgan fingerprint density at radius 2 is 1.92 bits per heavy atom. The van der Waals surface area contributed by atoms with Crippen LogP contribution in [0.4, 0.5) is 5.13 Å². The Morgan fingerprint density at radius 3 is 2.71 bits per heavy atom. The van der Waals surface area contributed by atoms with Gasteiger partial charge >= 0.3 is 0 Å². The molecule has 1 aliphatic heterocycles. The summed E-state index contributed by atoms with van der Waals surface area (Å²) < 4.78 is 0. The lowest BCUT2D eigenvalue weighted by Gasteiger charge is -2.22. The van der Waals surface area contributed by atoms with E-state index in [1.54, 1.807) is 11.3 Å². The number of nitrogens with zero attached hydrogens (tertiary/aromatic N) is 4. The second kappa shape index (κ2) is 7.19. The molecule has 128 valence electrons. The minimum absolute atomic E-state index is 0.181. The number of aromatic nitrogens is 2. The second-order valence-corrected chi connectivity index (χ2v) is 8.22. The number of thiazole rings is 2. The van der Waals surface area contributed by atoms with Crippen molar-refractivity contribution >= 4 is 33.7 Å². The van der Waals surface area contributed by atoms with E-state index in [4.69, 9.17) is 0 Å². The minimum Gasteiger partial charge on any atom is -0.346 e. The van der Waals surface area contributed by atoms with Crippen molar-refractivity contribution < 1.29 is 4.79 Å². The molecular formula is C17H22N4OS2. The van der Waals surface area contributed by atoms with Gasteiger partial charge in [-0.1, -0.05) is 12.8 Å². The molecule has 2 aromatic rings. The van der Waals surface area contributed by atoms with E-state index in [1.807, 2.05) is 22.0 Å². The number of hydrogen-bond donors (Lipinski definition) is 0. The summed E-state index contributed by atoms with van der Waals surface area (Å²) >= 11 is 3.19. The van der Waals surface area contributed by atoms with Gasteiger partial charge in [0.05, 0.1) is 11.2 Å². The summed E-state index contributed by atoms with van der Waals surface area (Å²) in [6.45, 7) is 3.41. The molecule has 0 N–H and O–H groups in total. The number of carbonyl (C=O) groups excluding carboxylic acids is 1.